The van der Waals surface area contributed by atoms with Crippen molar-refractivity contribution in [3.63, 3.8) is 0 Å². The van der Waals surface area contributed by atoms with Crippen molar-refractivity contribution in [2.24, 2.45) is 0 Å². The first-order valence-corrected chi connectivity index (χ1v) is 10.1. The molecule has 0 saturated carbocycles. The summed E-state index contributed by atoms with van der Waals surface area (Å²) >= 11 is 0. The SMILES string of the molecule is CC(C)(C)B1Oc2cc3ccccc3cc2O1.CC(C)B1Oc2ccccc2O1. The van der Waals surface area contributed by atoms with E-state index in [4.69, 9.17) is 18.6 Å². The second-order valence-electron chi connectivity index (χ2n) is 8.87. The highest BCUT2D eigenvalue weighted by molar-refractivity contribution is 6.51. The zero-order valence-electron chi connectivity index (χ0n) is 17.6. The average Bonchev–Trinajstić information content (AvgIpc) is 3.30. The Labute approximate surface area is 173 Å². The van der Waals surface area contributed by atoms with E-state index in [1.165, 1.54) is 10.8 Å². The van der Waals surface area contributed by atoms with Gasteiger partial charge < -0.3 is 18.6 Å². The van der Waals surface area contributed by atoms with Crippen molar-refractivity contribution in [2.45, 2.75) is 45.8 Å². The van der Waals surface area contributed by atoms with Gasteiger partial charge in [-0.3, -0.25) is 0 Å². The first kappa shape index (κ1) is 19.6. The van der Waals surface area contributed by atoms with Crippen LogP contribution in [0.4, 0.5) is 0 Å². The van der Waals surface area contributed by atoms with Gasteiger partial charge in [-0.1, -0.05) is 71.0 Å². The van der Waals surface area contributed by atoms with Gasteiger partial charge in [0.25, 0.3) is 0 Å². The lowest BCUT2D eigenvalue weighted by Crippen LogP contribution is -2.34. The van der Waals surface area contributed by atoms with E-state index in [0.29, 0.717) is 5.82 Å². The number of para-hydroxylation sites is 2. The molecule has 2 heterocycles. The number of hydrogen-bond acceptors (Lipinski definition) is 4. The van der Waals surface area contributed by atoms with E-state index in [0.717, 1.165) is 23.0 Å². The predicted octanol–water partition coefficient (Wildman–Crippen LogP) is 6.26. The molecular formula is C23H26B2O4. The summed E-state index contributed by atoms with van der Waals surface area (Å²) in [7, 11) is -0.309. The Kier molecular flexibility index (Phi) is 5.12. The lowest BCUT2D eigenvalue weighted by Gasteiger charge is -2.18. The largest absolute Gasteiger partial charge is 0.600 e. The van der Waals surface area contributed by atoms with E-state index in [1.54, 1.807) is 0 Å². The molecule has 0 bridgehead atoms. The minimum atomic E-state index is -0.200. The molecule has 2 aliphatic rings. The van der Waals surface area contributed by atoms with Crippen molar-refractivity contribution in [2.75, 3.05) is 0 Å². The van der Waals surface area contributed by atoms with Crippen LogP contribution in [0.3, 0.4) is 0 Å². The van der Waals surface area contributed by atoms with E-state index in [9.17, 15) is 0 Å². The Morgan fingerprint density at radius 3 is 1.52 bits per heavy atom. The molecule has 0 spiro atoms. The smallest absolute Gasteiger partial charge is 0.523 e. The van der Waals surface area contributed by atoms with Gasteiger partial charge in [-0.15, -0.1) is 0 Å². The summed E-state index contributed by atoms with van der Waals surface area (Å²) < 4.78 is 22.8. The number of benzene rings is 3. The molecule has 0 fully saturated rings. The van der Waals surface area contributed by atoms with E-state index in [1.807, 2.05) is 36.4 Å². The lowest BCUT2D eigenvalue weighted by molar-refractivity contribution is 0.440. The van der Waals surface area contributed by atoms with Gasteiger partial charge in [-0.2, -0.15) is 0 Å². The monoisotopic (exact) mass is 388 g/mol. The molecule has 5 rings (SSSR count). The Balaban J connectivity index is 0.000000150. The molecule has 0 saturated heterocycles. The average molecular weight is 388 g/mol. The molecule has 0 radical (unpaired) electrons. The van der Waals surface area contributed by atoms with Gasteiger partial charge in [-0.25, -0.2) is 0 Å². The highest BCUT2D eigenvalue weighted by Gasteiger charge is 2.43. The van der Waals surface area contributed by atoms with Crippen LogP contribution in [0.25, 0.3) is 10.8 Å². The van der Waals surface area contributed by atoms with Gasteiger partial charge in [0.1, 0.15) is 23.0 Å². The third kappa shape index (κ3) is 4.16. The summed E-state index contributed by atoms with van der Waals surface area (Å²) in [6.45, 7) is 10.5. The van der Waals surface area contributed by atoms with Crippen LogP contribution in [0.1, 0.15) is 34.6 Å². The fourth-order valence-corrected chi connectivity index (χ4v) is 3.18. The molecule has 29 heavy (non-hydrogen) atoms. The fourth-order valence-electron chi connectivity index (χ4n) is 3.18. The van der Waals surface area contributed by atoms with Gasteiger partial charge in [0, 0.05) is 11.1 Å². The summed E-state index contributed by atoms with van der Waals surface area (Å²) in [4.78, 5) is 0. The normalized spacial score (nSPS) is 14.3. The van der Waals surface area contributed by atoms with Crippen molar-refractivity contribution in [1.29, 1.82) is 0 Å². The zero-order chi connectivity index (χ0) is 20.6. The number of hydrogen-bond donors (Lipinski definition) is 0. The standard InChI is InChI=1S/C14H15BO2.C9H11BO2/c1-14(2,3)15-16-12-8-10-6-4-5-7-11(10)9-13(12)17-15;1-7(2)10-11-8-5-3-4-6-9(8)12-10/h4-9H,1-3H3;3-7H,1-2H3. The van der Waals surface area contributed by atoms with Crippen LogP contribution in [0.15, 0.2) is 60.7 Å². The highest BCUT2D eigenvalue weighted by atomic mass is 16.6. The Hall–Kier alpha value is -2.75. The molecule has 0 atom stereocenters. The highest BCUT2D eigenvalue weighted by Crippen LogP contribution is 2.42. The van der Waals surface area contributed by atoms with Crippen LogP contribution in [0, 0.1) is 0 Å². The van der Waals surface area contributed by atoms with Gasteiger partial charge in [0.05, 0.1) is 0 Å². The van der Waals surface area contributed by atoms with E-state index in [2.05, 4.69) is 58.9 Å². The van der Waals surface area contributed by atoms with Crippen LogP contribution in [0.5, 0.6) is 23.0 Å². The van der Waals surface area contributed by atoms with Gasteiger partial charge in [0.15, 0.2) is 0 Å². The first-order valence-electron chi connectivity index (χ1n) is 10.1. The maximum absolute atomic E-state index is 5.86. The van der Waals surface area contributed by atoms with E-state index < -0.39 is 0 Å². The van der Waals surface area contributed by atoms with Crippen LogP contribution in [-0.4, -0.2) is 14.2 Å². The predicted molar refractivity (Wildman–Crippen MR) is 119 cm³/mol. The number of rotatable bonds is 1. The molecule has 0 aliphatic carbocycles. The van der Waals surface area contributed by atoms with E-state index >= 15 is 0 Å². The van der Waals surface area contributed by atoms with Crippen LogP contribution >= 0.6 is 0 Å². The van der Waals surface area contributed by atoms with Gasteiger partial charge >= 0.3 is 14.2 Å². The minimum absolute atomic E-state index is 0.0226. The maximum Gasteiger partial charge on any atom is 0.600 e. The second kappa shape index (κ2) is 7.58. The van der Waals surface area contributed by atoms with Gasteiger partial charge in [-0.05, 0) is 35.0 Å². The third-order valence-corrected chi connectivity index (χ3v) is 4.87. The van der Waals surface area contributed by atoms with Crippen molar-refractivity contribution in [1.82, 2.24) is 0 Å². The second-order valence-corrected chi connectivity index (χ2v) is 8.87. The summed E-state index contributed by atoms with van der Waals surface area (Å²) in [6, 6.07) is 20.1. The summed E-state index contributed by atoms with van der Waals surface area (Å²) in [6.07, 6.45) is 0. The summed E-state index contributed by atoms with van der Waals surface area (Å²) in [5, 5.41) is 2.35. The molecule has 0 aromatic heterocycles. The minimum Gasteiger partial charge on any atom is -0.523 e. The zero-order valence-corrected chi connectivity index (χ0v) is 17.6. The van der Waals surface area contributed by atoms with Crippen LogP contribution in [-0.2, 0) is 0 Å². The molecule has 3 aromatic rings. The Morgan fingerprint density at radius 1 is 0.655 bits per heavy atom. The summed E-state index contributed by atoms with van der Waals surface area (Å²) in [5.41, 5.74) is 0. The third-order valence-electron chi connectivity index (χ3n) is 4.87. The maximum atomic E-state index is 5.86. The molecule has 0 unspecified atom stereocenters. The van der Waals surface area contributed by atoms with Crippen molar-refractivity contribution in [3.8, 4) is 23.0 Å². The molecule has 6 heteroatoms. The molecule has 148 valence electrons. The molecule has 0 N–H and O–H groups in total. The number of fused-ring (bicyclic) bond motifs is 3. The Bertz CT molecular complexity index is 944. The van der Waals surface area contributed by atoms with Gasteiger partial charge in [0.2, 0.25) is 0 Å². The van der Waals surface area contributed by atoms with Crippen LogP contribution < -0.4 is 18.6 Å². The molecular weight excluding hydrogens is 362 g/mol. The Morgan fingerprint density at radius 2 is 1.10 bits per heavy atom. The molecule has 2 aliphatic heterocycles. The molecule has 0 amide bonds. The lowest BCUT2D eigenvalue weighted by atomic mass is 9.61. The topological polar surface area (TPSA) is 36.9 Å². The van der Waals surface area contributed by atoms with Crippen LogP contribution in [0.2, 0.25) is 11.1 Å². The molecule has 4 nitrogen and oxygen atoms in total. The first-order chi connectivity index (χ1) is 13.8. The van der Waals surface area contributed by atoms with Crippen molar-refractivity contribution in [3.05, 3.63) is 60.7 Å². The molecule has 3 aromatic carbocycles. The fraction of sp³-hybridized carbons (Fsp3) is 0.304. The van der Waals surface area contributed by atoms with E-state index in [-0.39, 0.29) is 19.6 Å². The van der Waals surface area contributed by atoms with Crippen molar-refractivity contribution >= 4 is 25.0 Å². The van der Waals surface area contributed by atoms with Crippen molar-refractivity contribution < 1.29 is 18.6 Å². The quantitative estimate of drug-likeness (QED) is 0.462. The summed E-state index contributed by atoms with van der Waals surface area (Å²) in [5.74, 6) is 3.80.